The summed E-state index contributed by atoms with van der Waals surface area (Å²) in [4.78, 5) is 41.8. The van der Waals surface area contributed by atoms with Crippen molar-refractivity contribution in [3.05, 3.63) is 90.2 Å². The fraction of sp³-hybridized carbons (Fsp3) is 0.192. The average molecular weight is 461 g/mol. The van der Waals surface area contributed by atoms with Gasteiger partial charge >= 0.3 is 6.03 Å². The van der Waals surface area contributed by atoms with E-state index < -0.39 is 29.7 Å². The number of benzene rings is 3. The normalized spacial score (nSPS) is 15.5. The molecule has 34 heavy (non-hydrogen) atoms. The monoisotopic (exact) mass is 461 g/mol. The predicted molar refractivity (Wildman–Crippen MR) is 126 cm³/mol. The number of imide groups is 1. The highest BCUT2D eigenvalue weighted by atomic mass is 19.1. The quantitative estimate of drug-likeness (QED) is 0.509. The van der Waals surface area contributed by atoms with Crippen LogP contribution in [0.25, 0.3) is 0 Å². The number of amides is 4. The minimum atomic E-state index is -0.952. The number of hydrogen-bond donors (Lipinski definition) is 1. The standard InChI is InChI=1S/C26H24FN3O4/c1-34-22-13-7-18(8-14-22)15-16-29-23(17-24(31)28-20-11-9-19(27)10-12-20)25(32)30(26(29)33)21-5-3-2-4-6-21/h2-14,23H,15-17H2,1H3,(H,28,31)/t23-/m1/s1. The summed E-state index contributed by atoms with van der Waals surface area (Å²) in [6, 6.07) is 20.0. The molecule has 0 aliphatic carbocycles. The van der Waals surface area contributed by atoms with Crippen LogP contribution in [0.1, 0.15) is 12.0 Å². The Bertz CT molecular complexity index is 1170. The maximum absolute atomic E-state index is 13.3. The first-order valence-corrected chi connectivity index (χ1v) is 10.8. The summed E-state index contributed by atoms with van der Waals surface area (Å²) in [5, 5.41) is 2.66. The highest BCUT2D eigenvalue weighted by Gasteiger charge is 2.46. The zero-order chi connectivity index (χ0) is 24.1. The molecular weight excluding hydrogens is 437 g/mol. The number of methoxy groups -OCH3 is 1. The van der Waals surface area contributed by atoms with E-state index in [2.05, 4.69) is 5.32 Å². The molecule has 0 aromatic heterocycles. The van der Waals surface area contributed by atoms with Gasteiger partial charge in [-0.05, 0) is 60.5 Å². The second-order valence-electron chi connectivity index (χ2n) is 7.86. The number of carbonyl (C=O) groups is 3. The first kappa shape index (κ1) is 23.0. The smallest absolute Gasteiger partial charge is 0.332 e. The molecule has 1 fully saturated rings. The maximum Gasteiger partial charge on any atom is 0.332 e. The van der Waals surface area contributed by atoms with Crippen molar-refractivity contribution in [2.24, 2.45) is 0 Å². The van der Waals surface area contributed by atoms with Crippen molar-refractivity contribution in [3.8, 4) is 5.75 Å². The summed E-state index contributed by atoms with van der Waals surface area (Å²) in [5.74, 6) is -0.596. The Morgan fingerprint density at radius 1 is 0.971 bits per heavy atom. The molecule has 3 aromatic rings. The predicted octanol–water partition coefficient (Wildman–Crippen LogP) is 4.24. The van der Waals surface area contributed by atoms with E-state index in [1.165, 1.54) is 29.2 Å². The number of halogens is 1. The molecule has 4 amide bonds. The average Bonchev–Trinajstić information content (AvgIpc) is 3.08. The fourth-order valence-corrected chi connectivity index (χ4v) is 3.86. The van der Waals surface area contributed by atoms with E-state index in [1.807, 2.05) is 24.3 Å². The van der Waals surface area contributed by atoms with Crippen molar-refractivity contribution in [2.75, 3.05) is 23.9 Å². The molecule has 0 bridgehead atoms. The SMILES string of the molecule is COc1ccc(CCN2C(=O)N(c3ccccc3)C(=O)[C@H]2CC(=O)Nc2ccc(F)cc2)cc1. The number of hydrogen-bond acceptors (Lipinski definition) is 4. The van der Waals surface area contributed by atoms with Crippen LogP contribution >= 0.6 is 0 Å². The molecule has 0 saturated carbocycles. The lowest BCUT2D eigenvalue weighted by Gasteiger charge is -2.21. The summed E-state index contributed by atoms with van der Waals surface area (Å²) in [5.41, 5.74) is 1.83. The number of anilines is 2. The van der Waals surface area contributed by atoms with Gasteiger partial charge in [0.2, 0.25) is 5.91 Å². The fourth-order valence-electron chi connectivity index (χ4n) is 3.86. The number of carbonyl (C=O) groups excluding carboxylic acids is 3. The largest absolute Gasteiger partial charge is 0.497 e. The van der Waals surface area contributed by atoms with Crippen molar-refractivity contribution in [1.82, 2.24) is 4.90 Å². The van der Waals surface area contributed by atoms with Gasteiger partial charge < -0.3 is 15.0 Å². The van der Waals surface area contributed by atoms with Gasteiger partial charge in [0.15, 0.2) is 0 Å². The van der Waals surface area contributed by atoms with Crippen LogP contribution in [0.15, 0.2) is 78.9 Å². The second kappa shape index (κ2) is 10.2. The summed E-state index contributed by atoms with van der Waals surface area (Å²) in [6.45, 7) is 0.259. The Morgan fingerprint density at radius 3 is 2.29 bits per heavy atom. The summed E-state index contributed by atoms with van der Waals surface area (Å²) in [7, 11) is 1.59. The first-order chi connectivity index (χ1) is 16.5. The van der Waals surface area contributed by atoms with Crippen molar-refractivity contribution in [2.45, 2.75) is 18.9 Å². The number of nitrogens with one attached hydrogen (secondary N) is 1. The van der Waals surface area contributed by atoms with Gasteiger partial charge in [0.1, 0.15) is 17.6 Å². The molecule has 1 heterocycles. The Labute approximate surface area is 196 Å². The number of para-hydroxylation sites is 1. The van der Waals surface area contributed by atoms with Crippen LogP contribution in [0.4, 0.5) is 20.6 Å². The van der Waals surface area contributed by atoms with E-state index in [1.54, 1.807) is 37.4 Å². The first-order valence-electron chi connectivity index (χ1n) is 10.8. The van der Waals surface area contributed by atoms with Gasteiger partial charge in [0.05, 0.1) is 19.2 Å². The summed E-state index contributed by atoms with van der Waals surface area (Å²) >= 11 is 0. The maximum atomic E-state index is 13.3. The van der Waals surface area contributed by atoms with E-state index in [0.29, 0.717) is 17.8 Å². The van der Waals surface area contributed by atoms with E-state index >= 15 is 0 Å². The lowest BCUT2D eigenvalue weighted by molar-refractivity contribution is -0.124. The van der Waals surface area contributed by atoms with Crippen molar-refractivity contribution in [1.29, 1.82) is 0 Å². The minimum absolute atomic E-state index is 0.214. The lowest BCUT2D eigenvalue weighted by atomic mass is 10.1. The third-order valence-corrected chi connectivity index (χ3v) is 5.64. The van der Waals surface area contributed by atoms with Gasteiger partial charge in [-0.3, -0.25) is 9.59 Å². The van der Waals surface area contributed by atoms with Gasteiger partial charge in [-0.15, -0.1) is 0 Å². The minimum Gasteiger partial charge on any atom is -0.497 e. The molecule has 0 spiro atoms. The number of ether oxygens (including phenoxy) is 1. The summed E-state index contributed by atoms with van der Waals surface area (Å²) in [6.07, 6.45) is 0.287. The highest BCUT2D eigenvalue weighted by Crippen LogP contribution is 2.27. The molecule has 0 radical (unpaired) electrons. The molecule has 1 saturated heterocycles. The lowest BCUT2D eigenvalue weighted by Crippen LogP contribution is -2.39. The molecule has 1 atom stereocenters. The molecule has 174 valence electrons. The Kier molecular flexibility index (Phi) is 6.87. The molecule has 3 aromatic carbocycles. The molecule has 1 aliphatic rings. The van der Waals surface area contributed by atoms with Crippen LogP contribution in [0, 0.1) is 5.82 Å². The molecule has 1 aliphatic heterocycles. The van der Waals surface area contributed by atoms with E-state index in [9.17, 15) is 18.8 Å². The van der Waals surface area contributed by atoms with Crippen LogP contribution in [0.2, 0.25) is 0 Å². The zero-order valence-electron chi connectivity index (χ0n) is 18.6. The van der Waals surface area contributed by atoms with Crippen LogP contribution in [0.3, 0.4) is 0 Å². The van der Waals surface area contributed by atoms with Crippen molar-refractivity contribution >= 4 is 29.2 Å². The van der Waals surface area contributed by atoms with E-state index in [4.69, 9.17) is 4.74 Å². The molecule has 1 N–H and O–H groups in total. The molecule has 4 rings (SSSR count). The van der Waals surface area contributed by atoms with Gasteiger partial charge in [0, 0.05) is 12.2 Å². The van der Waals surface area contributed by atoms with Crippen molar-refractivity contribution in [3.63, 3.8) is 0 Å². The number of urea groups is 1. The topological polar surface area (TPSA) is 79.0 Å². The van der Waals surface area contributed by atoms with Crippen LogP contribution < -0.4 is 15.0 Å². The summed E-state index contributed by atoms with van der Waals surface area (Å²) < 4.78 is 18.3. The van der Waals surface area contributed by atoms with E-state index in [-0.39, 0.29) is 13.0 Å². The number of nitrogens with zero attached hydrogens (tertiary/aromatic N) is 2. The van der Waals surface area contributed by atoms with Crippen LogP contribution in [0.5, 0.6) is 5.75 Å². The second-order valence-corrected chi connectivity index (χ2v) is 7.86. The van der Waals surface area contributed by atoms with E-state index in [0.717, 1.165) is 16.2 Å². The van der Waals surface area contributed by atoms with Gasteiger partial charge in [-0.25, -0.2) is 14.1 Å². The van der Waals surface area contributed by atoms with Crippen LogP contribution in [-0.2, 0) is 16.0 Å². The van der Waals surface area contributed by atoms with Crippen LogP contribution in [-0.4, -0.2) is 42.4 Å². The Balaban J connectivity index is 1.53. The van der Waals surface area contributed by atoms with Gasteiger partial charge in [-0.1, -0.05) is 30.3 Å². The Hall–Kier alpha value is -4.20. The van der Waals surface area contributed by atoms with Gasteiger partial charge in [0.25, 0.3) is 5.91 Å². The highest BCUT2D eigenvalue weighted by molar-refractivity contribution is 6.22. The Morgan fingerprint density at radius 2 is 1.65 bits per heavy atom. The molecular formula is C26H24FN3O4. The molecule has 0 unspecified atom stereocenters. The molecule has 7 nitrogen and oxygen atoms in total. The zero-order valence-corrected chi connectivity index (χ0v) is 18.6. The third-order valence-electron chi connectivity index (χ3n) is 5.64. The van der Waals surface area contributed by atoms with Gasteiger partial charge in [-0.2, -0.15) is 0 Å². The molecule has 8 heteroatoms. The number of rotatable bonds is 8. The van der Waals surface area contributed by atoms with Crippen molar-refractivity contribution < 1.29 is 23.5 Å². The third kappa shape index (κ3) is 5.06.